The first-order valence-electron chi connectivity index (χ1n) is 10.5. The van der Waals surface area contributed by atoms with Gasteiger partial charge in [-0.1, -0.05) is 13.0 Å². The molecule has 1 saturated carbocycles. The average Bonchev–Trinajstić information content (AvgIpc) is 3.13. The molecule has 3 aromatic rings. The van der Waals surface area contributed by atoms with Crippen molar-refractivity contribution >= 4 is 28.4 Å². The Morgan fingerprint density at radius 1 is 1.13 bits per heavy atom. The van der Waals surface area contributed by atoms with Gasteiger partial charge in [0.05, 0.1) is 16.3 Å². The normalized spacial score (nSPS) is 18.5. The summed E-state index contributed by atoms with van der Waals surface area (Å²) in [4.78, 5) is 16.3. The van der Waals surface area contributed by atoms with Crippen molar-refractivity contribution in [3.63, 3.8) is 0 Å². The van der Waals surface area contributed by atoms with Crippen molar-refractivity contribution in [3.05, 3.63) is 73.9 Å². The fraction of sp³-hybridized carbons (Fsp3) is 0.333. The highest BCUT2D eigenvalue weighted by Crippen LogP contribution is 2.26. The number of thiazole rings is 1. The summed E-state index contributed by atoms with van der Waals surface area (Å²) in [6.07, 6.45) is 4.38. The fourth-order valence-corrected chi connectivity index (χ4v) is 4.67. The highest BCUT2D eigenvalue weighted by molar-refractivity contribution is 7.07. The lowest BCUT2D eigenvalue weighted by Gasteiger charge is -2.19. The molecule has 4 rings (SSSR count). The van der Waals surface area contributed by atoms with E-state index in [1.807, 2.05) is 16.1 Å². The van der Waals surface area contributed by atoms with Gasteiger partial charge in [0.1, 0.15) is 0 Å². The molecule has 160 valence electrons. The van der Waals surface area contributed by atoms with Crippen LogP contribution >= 0.6 is 11.3 Å². The van der Waals surface area contributed by atoms with E-state index in [4.69, 9.17) is 10.1 Å². The van der Waals surface area contributed by atoms with E-state index in [0.717, 1.165) is 41.0 Å². The zero-order chi connectivity index (χ0) is 22.0. The third-order valence-corrected chi connectivity index (χ3v) is 6.58. The van der Waals surface area contributed by atoms with Crippen LogP contribution in [0.3, 0.4) is 0 Å². The van der Waals surface area contributed by atoms with Crippen LogP contribution in [-0.2, 0) is 0 Å². The fourth-order valence-electron chi connectivity index (χ4n) is 3.82. The molecule has 2 aromatic carbocycles. The van der Waals surface area contributed by atoms with Crippen LogP contribution in [-0.4, -0.2) is 15.3 Å². The van der Waals surface area contributed by atoms with Gasteiger partial charge in [-0.25, -0.2) is 9.67 Å². The van der Waals surface area contributed by atoms with E-state index in [-0.39, 0.29) is 10.6 Å². The van der Waals surface area contributed by atoms with Crippen LogP contribution in [0.2, 0.25) is 0 Å². The van der Waals surface area contributed by atoms with E-state index in [0.29, 0.717) is 5.92 Å². The van der Waals surface area contributed by atoms with Gasteiger partial charge in [-0.15, -0.1) is 11.3 Å². The molecule has 0 radical (unpaired) electrons. The minimum absolute atomic E-state index is 0.0815. The minimum Gasteiger partial charge on any atom is -0.258 e. The van der Waals surface area contributed by atoms with Gasteiger partial charge in [0.15, 0.2) is 0 Å². The number of nitro benzene ring substituents is 1. The molecule has 1 aliphatic carbocycles. The molecule has 7 heteroatoms. The Kier molecular flexibility index (Phi) is 6.13. The number of aryl methyl sites for hydroxylation is 2. The lowest BCUT2D eigenvalue weighted by atomic mass is 9.89. The van der Waals surface area contributed by atoms with Crippen LogP contribution < -0.4 is 4.80 Å². The molecule has 0 amide bonds. The van der Waals surface area contributed by atoms with Crippen molar-refractivity contribution < 1.29 is 4.92 Å². The lowest BCUT2D eigenvalue weighted by molar-refractivity contribution is -0.384. The Bertz CT molecular complexity index is 1210. The second-order valence-electron chi connectivity index (χ2n) is 8.27. The molecule has 0 aliphatic heterocycles. The zero-order valence-electron chi connectivity index (χ0n) is 18.0. The summed E-state index contributed by atoms with van der Waals surface area (Å²) in [6.45, 7) is 6.45. The number of nitro groups is 1. The van der Waals surface area contributed by atoms with Crippen molar-refractivity contribution in [2.45, 2.75) is 46.5 Å². The van der Waals surface area contributed by atoms with Crippen LogP contribution in [0.5, 0.6) is 0 Å². The van der Waals surface area contributed by atoms with Crippen LogP contribution in [0.15, 0.2) is 57.9 Å². The molecule has 31 heavy (non-hydrogen) atoms. The van der Waals surface area contributed by atoms with Crippen LogP contribution in [0.1, 0.15) is 43.7 Å². The largest absolute Gasteiger partial charge is 0.269 e. The predicted molar refractivity (Wildman–Crippen MR) is 126 cm³/mol. The van der Waals surface area contributed by atoms with Gasteiger partial charge >= 0.3 is 0 Å². The van der Waals surface area contributed by atoms with Gasteiger partial charge in [0, 0.05) is 28.8 Å². The van der Waals surface area contributed by atoms with Crippen molar-refractivity contribution in [2.75, 3.05) is 0 Å². The Labute approximate surface area is 185 Å². The highest BCUT2D eigenvalue weighted by atomic mass is 32.1. The number of aromatic nitrogens is 1. The smallest absolute Gasteiger partial charge is 0.258 e. The maximum Gasteiger partial charge on any atom is 0.269 e. The Morgan fingerprint density at radius 3 is 2.58 bits per heavy atom. The predicted octanol–water partition coefficient (Wildman–Crippen LogP) is 6.39. The molecule has 1 aromatic heterocycles. The standard InChI is InChI=1S/C24H26N4O2S/c1-16-5-4-6-21(13-16)26-27-23(19-8-11-22(12-9-19)28(29)30)15-31-24(27)25-20-10-7-17(2)18(3)14-20/h7-12,14-16H,4-6,13H2,1-3H3. The number of benzene rings is 2. The minimum atomic E-state index is -0.379. The first-order valence-corrected chi connectivity index (χ1v) is 11.4. The number of hydrogen-bond donors (Lipinski definition) is 0. The molecule has 1 aliphatic rings. The quantitative estimate of drug-likeness (QED) is 0.352. The maximum absolute atomic E-state index is 11.0. The zero-order valence-corrected chi connectivity index (χ0v) is 18.9. The molecule has 0 spiro atoms. The molecule has 1 fully saturated rings. The first-order chi connectivity index (χ1) is 14.9. The third-order valence-electron chi connectivity index (χ3n) is 5.76. The molecule has 1 unspecified atom stereocenters. The van der Waals surface area contributed by atoms with Crippen molar-refractivity contribution in [2.24, 2.45) is 16.0 Å². The van der Waals surface area contributed by atoms with Crippen molar-refractivity contribution in [1.82, 2.24) is 4.68 Å². The van der Waals surface area contributed by atoms with Crippen molar-refractivity contribution in [3.8, 4) is 11.3 Å². The number of rotatable bonds is 4. The summed E-state index contributed by atoms with van der Waals surface area (Å²) in [5.74, 6) is 0.634. The van der Waals surface area contributed by atoms with E-state index in [1.165, 1.54) is 46.7 Å². The monoisotopic (exact) mass is 434 g/mol. The van der Waals surface area contributed by atoms with E-state index >= 15 is 0 Å². The number of hydrogen-bond acceptors (Lipinski definition) is 5. The molecular formula is C24H26N4O2S. The van der Waals surface area contributed by atoms with E-state index in [2.05, 4.69) is 32.9 Å². The Morgan fingerprint density at radius 2 is 1.90 bits per heavy atom. The molecule has 1 heterocycles. The summed E-state index contributed by atoms with van der Waals surface area (Å²) in [7, 11) is 0. The van der Waals surface area contributed by atoms with Gasteiger partial charge in [-0.2, -0.15) is 5.10 Å². The first kappa shape index (κ1) is 21.2. The summed E-state index contributed by atoms with van der Waals surface area (Å²) in [5, 5.41) is 18.1. The molecular weight excluding hydrogens is 408 g/mol. The van der Waals surface area contributed by atoms with Crippen molar-refractivity contribution in [1.29, 1.82) is 0 Å². The molecule has 0 N–H and O–H groups in total. The molecule has 6 nitrogen and oxygen atoms in total. The summed E-state index contributed by atoms with van der Waals surface area (Å²) in [6, 6.07) is 12.8. The number of nitrogens with zero attached hydrogens (tertiary/aromatic N) is 4. The van der Waals surface area contributed by atoms with Gasteiger partial charge in [0.2, 0.25) is 4.80 Å². The molecule has 0 bridgehead atoms. The van der Waals surface area contributed by atoms with E-state index in [9.17, 15) is 10.1 Å². The highest BCUT2D eigenvalue weighted by Gasteiger charge is 2.16. The van der Waals surface area contributed by atoms with Gasteiger partial charge in [-0.3, -0.25) is 10.1 Å². The second-order valence-corrected chi connectivity index (χ2v) is 9.10. The summed E-state index contributed by atoms with van der Waals surface area (Å²) >= 11 is 1.53. The van der Waals surface area contributed by atoms with Gasteiger partial charge in [-0.05, 0) is 80.8 Å². The average molecular weight is 435 g/mol. The van der Waals surface area contributed by atoms with Gasteiger partial charge in [0.25, 0.3) is 5.69 Å². The SMILES string of the molecule is Cc1ccc(N=c2scc(-c3ccc([N+](=O)[O-])cc3)n2N=C2CCCC(C)C2)cc1C. The second kappa shape index (κ2) is 8.98. The lowest BCUT2D eigenvalue weighted by Crippen LogP contribution is -2.18. The van der Waals surface area contributed by atoms with Crippen LogP contribution in [0, 0.1) is 29.9 Å². The molecule has 0 saturated heterocycles. The van der Waals surface area contributed by atoms with Crippen LogP contribution in [0.25, 0.3) is 11.3 Å². The summed E-state index contributed by atoms with van der Waals surface area (Å²) < 4.78 is 1.91. The Hall–Kier alpha value is -3.06. The van der Waals surface area contributed by atoms with E-state index < -0.39 is 0 Å². The third kappa shape index (κ3) is 4.82. The van der Waals surface area contributed by atoms with Crippen LogP contribution in [0.4, 0.5) is 11.4 Å². The topological polar surface area (TPSA) is 72.8 Å². The number of non-ortho nitro benzene ring substituents is 1. The molecule has 1 atom stereocenters. The maximum atomic E-state index is 11.0. The van der Waals surface area contributed by atoms with E-state index in [1.54, 1.807) is 12.1 Å². The van der Waals surface area contributed by atoms with Gasteiger partial charge < -0.3 is 0 Å². The summed E-state index contributed by atoms with van der Waals surface area (Å²) in [5.41, 5.74) is 6.38. The Balaban J connectivity index is 1.83.